The zero-order valence-electron chi connectivity index (χ0n) is 14.2. The molecule has 1 aromatic carbocycles. The first-order valence-electron chi connectivity index (χ1n) is 8.12. The molecule has 0 saturated carbocycles. The Balaban J connectivity index is 1.65. The first kappa shape index (κ1) is 17.0. The molecule has 130 valence electrons. The van der Waals surface area contributed by atoms with E-state index in [9.17, 15) is 4.79 Å². The van der Waals surface area contributed by atoms with Crippen LogP contribution in [0.5, 0.6) is 0 Å². The lowest BCUT2D eigenvalue weighted by Gasteiger charge is -2.07. The predicted octanol–water partition coefficient (Wildman–Crippen LogP) is 3.96. The van der Waals surface area contributed by atoms with E-state index in [1.54, 1.807) is 25.3 Å². The second-order valence-corrected chi connectivity index (χ2v) is 5.56. The van der Waals surface area contributed by atoms with Gasteiger partial charge in [-0.2, -0.15) is 0 Å². The first-order valence-corrected chi connectivity index (χ1v) is 8.12. The highest BCUT2D eigenvalue weighted by atomic mass is 16.5. The van der Waals surface area contributed by atoms with Gasteiger partial charge in [-0.05, 0) is 43.7 Å². The van der Waals surface area contributed by atoms with Gasteiger partial charge in [0.1, 0.15) is 5.76 Å². The normalized spacial score (nSPS) is 10.8. The van der Waals surface area contributed by atoms with Gasteiger partial charge in [-0.25, -0.2) is 4.98 Å². The predicted molar refractivity (Wildman–Crippen MR) is 93.0 cm³/mol. The van der Waals surface area contributed by atoms with Crippen LogP contribution >= 0.6 is 0 Å². The maximum absolute atomic E-state index is 12.3. The summed E-state index contributed by atoms with van der Waals surface area (Å²) in [6.45, 7) is 4.91. The number of furan rings is 1. The van der Waals surface area contributed by atoms with Gasteiger partial charge in [0.2, 0.25) is 5.91 Å². The van der Waals surface area contributed by atoms with E-state index < -0.39 is 0 Å². The quantitative estimate of drug-likeness (QED) is 0.704. The summed E-state index contributed by atoms with van der Waals surface area (Å²) < 4.78 is 16.2. The molecular formula is C19H20N2O4. The van der Waals surface area contributed by atoms with Gasteiger partial charge in [-0.3, -0.25) is 4.79 Å². The number of aromatic nitrogens is 1. The molecule has 0 aliphatic heterocycles. The molecular weight excluding hydrogens is 320 g/mol. The number of oxazole rings is 1. The van der Waals surface area contributed by atoms with Crippen LogP contribution in [0.1, 0.15) is 23.9 Å². The number of nitrogens with zero attached hydrogens (tertiary/aromatic N) is 1. The van der Waals surface area contributed by atoms with Gasteiger partial charge in [0.25, 0.3) is 5.89 Å². The number of nitrogens with one attached hydrogen (secondary N) is 1. The molecule has 2 aromatic heterocycles. The van der Waals surface area contributed by atoms with Crippen LogP contribution in [-0.2, 0) is 22.6 Å². The van der Waals surface area contributed by atoms with Gasteiger partial charge < -0.3 is 18.9 Å². The molecule has 6 heteroatoms. The number of carbonyl (C=O) groups is 1. The Hall–Kier alpha value is -2.86. The smallest absolute Gasteiger partial charge is 0.263 e. The van der Waals surface area contributed by atoms with Crippen LogP contribution in [0.25, 0.3) is 11.7 Å². The third-order valence-electron chi connectivity index (χ3n) is 3.64. The summed E-state index contributed by atoms with van der Waals surface area (Å²) in [6, 6.07) is 11.1. The maximum Gasteiger partial charge on any atom is 0.263 e. The van der Waals surface area contributed by atoms with Crippen molar-refractivity contribution in [2.24, 2.45) is 0 Å². The van der Waals surface area contributed by atoms with Crippen LogP contribution < -0.4 is 5.32 Å². The fraction of sp³-hybridized carbons (Fsp3) is 0.263. The maximum atomic E-state index is 12.3. The number of anilines is 1. The van der Waals surface area contributed by atoms with Gasteiger partial charge in [0, 0.05) is 12.3 Å². The number of rotatable bonds is 7. The Morgan fingerprint density at radius 1 is 1.28 bits per heavy atom. The van der Waals surface area contributed by atoms with Crippen LogP contribution in [-0.4, -0.2) is 17.5 Å². The lowest BCUT2D eigenvalue weighted by molar-refractivity contribution is -0.115. The highest BCUT2D eigenvalue weighted by Crippen LogP contribution is 2.22. The van der Waals surface area contributed by atoms with Crippen molar-refractivity contribution in [1.29, 1.82) is 0 Å². The van der Waals surface area contributed by atoms with Crippen LogP contribution in [0.15, 0.2) is 51.5 Å². The summed E-state index contributed by atoms with van der Waals surface area (Å²) in [6.07, 6.45) is 1.68. The highest BCUT2D eigenvalue weighted by molar-refractivity contribution is 5.92. The number of carbonyl (C=O) groups excluding carboxylic acids is 1. The monoisotopic (exact) mass is 340 g/mol. The molecule has 2 heterocycles. The average Bonchev–Trinajstić information content (AvgIpc) is 3.24. The number of ether oxygens (including phenoxy) is 1. The van der Waals surface area contributed by atoms with Crippen molar-refractivity contribution < 1.29 is 18.4 Å². The Labute approximate surface area is 145 Å². The van der Waals surface area contributed by atoms with E-state index >= 15 is 0 Å². The Bertz CT molecular complexity index is 837. The van der Waals surface area contributed by atoms with Crippen LogP contribution in [0.3, 0.4) is 0 Å². The van der Waals surface area contributed by atoms with E-state index in [0.29, 0.717) is 36.3 Å². The zero-order chi connectivity index (χ0) is 17.6. The summed E-state index contributed by atoms with van der Waals surface area (Å²) in [7, 11) is 0. The minimum absolute atomic E-state index is 0.131. The lowest BCUT2D eigenvalue weighted by Crippen LogP contribution is -2.15. The first-order chi connectivity index (χ1) is 12.2. The van der Waals surface area contributed by atoms with E-state index in [1.807, 2.05) is 31.2 Å². The SMILES string of the molecule is CCOCc1cccc(NC(=O)Cc2nc(-c3ccco3)oc2C)c1. The fourth-order valence-electron chi connectivity index (χ4n) is 2.41. The molecule has 0 spiro atoms. The summed E-state index contributed by atoms with van der Waals surface area (Å²) in [5.41, 5.74) is 2.33. The molecule has 0 aliphatic carbocycles. The van der Waals surface area contributed by atoms with E-state index in [1.165, 1.54) is 0 Å². The lowest BCUT2D eigenvalue weighted by atomic mass is 10.2. The summed E-state index contributed by atoms with van der Waals surface area (Å²) in [5.74, 6) is 1.37. The summed E-state index contributed by atoms with van der Waals surface area (Å²) in [4.78, 5) is 16.7. The Morgan fingerprint density at radius 3 is 2.92 bits per heavy atom. The molecule has 6 nitrogen and oxygen atoms in total. The minimum Gasteiger partial charge on any atom is -0.459 e. The second-order valence-electron chi connectivity index (χ2n) is 5.56. The van der Waals surface area contributed by atoms with E-state index in [0.717, 1.165) is 11.3 Å². The number of hydrogen-bond donors (Lipinski definition) is 1. The molecule has 0 saturated heterocycles. The Morgan fingerprint density at radius 2 is 2.16 bits per heavy atom. The van der Waals surface area contributed by atoms with Gasteiger partial charge in [-0.1, -0.05) is 12.1 Å². The van der Waals surface area contributed by atoms with Crippen LogP contribution in [0, 0.1) is 6.92 Å². The summed E-state index contributed by atoms with van der Waals surface area (Å²) in [5, 5.41) is 2.88. The van der Waals surface area contributed by atoms with Crippen LogP contribution in [0.4, 0.5) is 5.69 Å². The van der Waals surface area contributed by atoms with Crippen LogP contribution in [0.2, 0.25) is 0 Å². The number of hydrogen-bond acceptors (Lipinski definition) is 5. The molecule has 0 atom stereocenters. The molecule has 0 unspecified atom stereocenters. The average molecular weight is 340 g/mol. The second kappa shape index (κ2) is 7.81. The number of benzene rings is 1. The molecule has 25 heavy (non-hydrogen) atoms. The number of aryl methyl sites for hydroxylation is 1. The fourth-order valence-corrected chi connectivity index (χ4v) is 2.41. The molecule has 3 aromatic rings. The molecule has 1 N–H and O–H groups in total. The van der Waals surface area contributed by atoms with Crippen molar-refractivity contribution in [3.05, 3.63) is 59.7 Å². The van der Waals surface area contributed by atoms with Gasteiger partial charge >= 0.3 is 0 Å². The molecule has 0 radical (unpaired) electrons. The molecule has 0 aliphatic rings. The van der Waals surface area contributed by atoms with Crippen molar-refractivity contribution in [3.8, 4) is 11.7 Å². The van der Waals surface area contributed by atoms with Gasteiger partial charge in [0.05, 0.1) is 25.0 Å². The largest absolute Gasteiger partial charge is 0.459 e. The van der Waals surface area contributed by atoms with Gasteiger partial charge in [0.15, 0.2) is 5.76 Å². The minimum atomic E-state index is -0.157. The standard InChI is InChI=1S/C19H20N2O4/c1-3-23-12-14-6-4-7-15(10-14)20-18(22)11-16-13(2)25-19(21-16)17-8-5-9-24-17/h4-10H,3,11-12H2,1-2H3,(H,20,22). The van der Waals surface area contributed by atoms with Crippen molar-refractivity contribution >= 4 is 11.6 Å². The van der Waals surface area contributed by atoms with E-state index in [4.69, 9.17) is 13.6 Å². The summed E-state index contributed by atoms with van der Waals surface area (Å²) >= 11 is 0. The molecule has 0 fully saturated rings. The number of amides is 1. The third kappa shape index (κ3) is 4.36. The van der Waals surface area contributed by atoms with Crippen molar-refractivity contribution in [2.75, 3.05) is 11.9 Å². The molecule has 0 bridgehead atoms. The van der Waals surface area contributed by atoms with Crippen molar-refractivity contribution in [2.45, 2.75) is 26.9 Å². The zero-order valence-corrected chi connectivity index (χ0v) is 14.2. The molecule has 1 amide bonds. The van der Waals surface area contributed by atoms with Gasteiger partial charge in [-0.15, -0.1) is 0 Å². The highest BCUT2D eigenvalue weighted by Gasteiger charge is 2.16. The van der Waals surface area contributed by atoms with E-state index in [2.05, 4.69) is 10.3 Å². The van der Waals surface area contributed by atoms with E-state index in [-0.39, 0.29) is 12.3 Å². The van der Waals surface area contributed by atoms with Crippen molar-refractivity contribution in [1.82, 2.24) is 4.98 Å². The third-order valence-corrected chi connectivity index (χ3v) is 3.64. The Kier molecular flexibility index (Phi) is 5.30. The molecule has 3 rings (SSSR count). The van der Waals surface area contributed by atoms with Crippen molar-refractivity contribution in [3.63, 3.8) is 0 Å². The topological polar surface area (TPSA) is 77.5 Å².